The molecule has 0 saturated heterocycles. The van der Waals surface area contributed by atoms with E-state index in [1.807, 2.05) is 13.8 Å². The first-order valence-electron chi connectivity index (χ1n) is 2.66. The van der Waals surface area contributed by atoms with E-state index in [0.717, 1.165) is 0 Å². The highest BCUT2D eigenvalue weighted by atomic mass is 28.2. The van der Waals surface area contributed by atoms with Crippen LogP contribution in [0.15, 0.2) is 12.2 Å². The number of carbonyl (C=O) groups excluding carboxylic acids is 1. The van der Waals surface area contributed by atoms with E-state index in [-0.39, 0.29) is 5.92 Å². The maximum absolute atomic E-state index is 10.6. The minimum absolute atomic E-state index is 0.147. The van der Waals surface area contributed by atoms with Crippen molar-refractivity contribution in [1.82, 2.24) is 0 Å². The van der Waals surface area contributed by atoms with Crippen molar-refractivity contribution in [3.05, 3.63) is 12.2 Å². The van der Waals surface area contributed by atoms with Gasteiger partial charge in [0.2, 0.25) is 0 Å². The molecule has 0 spiro atoms. The number of hydrogen-bond donors (Lipinski definition) is 0. The van der Waals surface area contributed by atoms with Crippen LogP contribution < -0.4 is 0 Å². The second-order valence-electron chi connectivity index (χ2n) is 2.07. The van der Waals surface area contributed by atoms with Crippen LogP contribution >= 0.6 is 0 Å². The van der Waals surface area contributed by atoms with Gasteiger partial charge in [-0.05, 0) is 5.92 Å². The van der Waals surface area contributed by atoms with Gasteiger partial charge in [0.25, 0.3) is 0 Å². The molecule has 0 unspecified atom stereocenters. The predicted molar refractivity (Wildman–Crippen MR) is 35.8 cm³/mol. The monoisotopic (exact) mass is 141 g/mol. The lowest BCUT2D eigenvalue weighted by Crippen LogP contribution is -2.08. The van der Waals surface area contributed by atoms with Crippen molar-refractivity contribution in [1.29, 1.82) is 0 Å². The van der Waals surface area contributed by atoms with Gasteiger partial charge in [-0.3, -0.25) is 0 Å². The summed E-state index contributed by atoms with van der Waals surface area (Å²) in [5, 5.41) is 0. The van der Waals surface area contributed by atoms with Crippen molar-refractivity contribution in [2.45, 2.75) is 13.8 Å². The fourth-order valence-electron chi connectivity index (χ4n) is 0.301. The van der Waals surface area contributed by atoms with Crippen LogP contribution in [0.3, 0.4) is 0 Å². The summed E-state index contributed by atoms with van der Waals surface area (Å²) in [4.78, 5) is 10.6. The van der Waals surface area contributed by atoms with Crippen molar-refractivity contribution in [2.24, 2.45) is 5.92 Å². The molecule has 2 nitrogen and oxygen atoms in total. The molecule has 0 amide bonds. The zero-order valence-corrected chi connectivity index (χ0v) is 6.60. The van der Waals surface area contributed by atoms with Gasteiger partial charge in [0.15, 0.2) is 0 Å². The summed E-state index contributed by atoms with van der Waals surface area (Å²) in [6.07, 6.45) is 0. The molecule has 49 valence electrons. The highest BCUT2D eigenvalue weighted by molar-refractivity contribution is 6.09. The predicted octanol–water partition coefficient (Wildman–Crippen LogP) is 0.825. The Kier molecular flexibility index (Phi) is 3.23. The molecular formula is C6H9O2Si. The Morgan fingerprint density at radius 3 is 2.22 bits per heavy atom. The van der Waals surface area contributed by atoms with Gasteiger partial charge < -0.3 is 4.43 Å². The third-order valence-corrected chi connectivity index (χ3v) is 1.24. The molecule has 0 N–H and O–H groups in total. The zero-order valence-electron chi connectivity index (χ0n) is 5.60. The Morgan fingerprint density at radius 1 is 1.67 bits per heavy atom. The standard InChI is InChI=1S/C6H9O2Si/c1-4(2)5(3)6(7)8-9/h4H,3H2,1-2H3. The summed E-state index contributed by atoms with van der Waals surface area (Å²) in [5.41, 5.74) is 0.477. The molecule has 0 bridgehead atoms. The molecule has 0 rings (SSSR count). The number of rotatable bonds is 2. The SMILES string of the molecule is C=C(C(=O)O[Si])C(C)C. The lowest BCUT2D eigenvalue weighted by atomic mass is 10.1. The van der Waals surface area contributed by atoms with Gasteiger partial charge >= 0.3 is 16.5 Å². The van der Waals surface area contributed by atoms with Crippen molar-refractivity contribution in [3.8, 4) is 0 Å². The lowest BCUT2D eigenvalue weighted by molar-refractivity contribution is -0.130. The molecule has 0 aromatic rings. The van der Waals surface area contributed by atoms with Crippen LogP contribution in [0.4, 0.5) is 0 Å². The zero-order chi connectivity index (χ0) is 7.44. The first kappa shape index (κ1) is 8.43. The van der Waals surface area contributed by atoms with Crippen LogP contribution in [-0.2, 0) is 9.22 Å². The summed E-state index contributed by atoms with van der Waals surface area (Å²) in [6.45, 7) is 7.28. The summed E-state index contributed by atoms with van der Waals surface area (Å²) in [5.74, 6) is -0.254. The van der Waals surface area contributed by atoms with Gasteiger partial charge in [0.1, 0.15) is 0 Å². The van der Waals surface area contributed by atoms with Gasteiger partial charge in [0, 0.05) is 5.57 Å². The van der Waals surface area contributed by atoms with E-state index < -0.39 is 5.97 Å². The summed E-state index contributed by atoms with van der Waals surface area (Å²) in [6, 6.07) is 0. The van der Waals surface area contributed by atoms with Gasteiger partial charge in [-0.25, -0.2) is 4.79 Å². The maximum Gasteiger partial charge on any atom is 0.345 e. The van der Waals surface area contributed by atoms with Crippen molar-refractivity contribution >= 4 is 16.5 Å². The highest BCUT2D eigenvalue weighted by Gasteiger charge is 2.08. The molecule has 0 aliphatic heterocycles. The quantitative estimate of drug-likeness (QED) is 0.420. The van der Waals surface area contributed by atoms with E-state index in [1.165, 1.54) is 0 Å². The Morgan fingerprint density at radius 2 is 2.11 bits per heavy atom. The molecule has 0 aliphatic carbocycles. The van der Waals surface area contributed by atoms with Crippen molar-refractivity contribution in [2.75, 3.05) is 0 Å². The first-order valence-corrected chi connectivity index (χ1v) is 3.07. The van der Waals surface area contributed by atoms with E-state index in [4.69, 9.17) is 0 Å². The molecule has 0 aromatic carbocycles. The molecule has 3 radical (unpaired) electrons. The third-order valence-electron chi connectivity index (χ3n) is 1.05. The van der Waals surface area contributed by atoms with Crippen LogP contribution in [0.5, 0.6) is 0 Å². The molecule has 0 heterocycles. The minimum atomic E-state index is -0.401. The third kappa shape index (κ3) is 2.46. The molecule has 0 fully saturated rings. The smallest absolute Gasteiger partial charge is 0.345 e. The van der Waals surface area contributed by atoms with Gasteiger partial charge in [-0.1, -0.05) is 20.4 Å². The van der Waals surface area contributed by atoms with E-state index >= 15 is 0 Å². The Labute approximate surface area is 58.4 Å². The largest absolute Gasteiger partial charge is 0.513 e. The van der Waals surface area contributed by atoms with Crippen molar-refractivity contribution < 1.29 is 9.22 Å². The first-order chi connectivity index (χ1) is 4.09. The summed E-state index contributed by atoms with van der Waals surface area (Å²) < 4.78 is 4.24. The number of carbonyl (C=O) groups is 1. The summed E-state index contributed by atoms with van der Waals surface area (Å²) >= 11 is 0. The normalized spacial score (nSPS) is 9.33. The lowest BCUT2D eigenvalue weighted by Gasteiger charge is -2.04. The molecule has 0 aliphatic rings. The molecular weight excluding hydrogens is 132 g/mol. The fourth-order valence-corrected chi connectivity index (χ4v) is 0.432. The van der Waals surface area contributed by atoms with Crippen LogP contribution in [-0.4, -0.2) is 16.5 Å². The maximum atomic E-state index is 10.6. The topological polar surface area (TPSA) is 26.3 Å². The molecule has 0 aromatic heterocycles. The molecule has 0 atom stereocenters. The van der Waals surface area contributed by atoms with E-state index in [0.29, 0.717) is 5.57 Å². The van der Waals surface area contributed by atoms with Crippen LogP contribution in [0.25, 0.3) is 0 Å². The van der Waals surface area contributed by atoms with Gasteiger partial charge in [-0.2, -0.15) is 0 Å². The summed E-state index contributed by atoms with van der Waals surface area (Å²) in [7, 11) is 2.62. The second-order valence-corrected chi connectivity index (χ2v) is 2.27. The highest BCUT2D eigenvalue weighted by Crippen LogP contribution is 2.06. The Bertz CT molecular complexity index is 129. The van der Waals surface area contributed by atoms with E-state index in [2.05, 4.69) is 21.5 Å². The molecule has 0 saturated carbocycles. The van der Waals surface area contributed by atoms with Crippen molar-refractivity contribution in [3.63, 3.8) is 0 Å². The Hall–Kier alpha value is -0.573. The van der Waals surface area contributed by atoms with E-state index in [1.54, 1.807) is 0 Å². The van der Waals surface area contributed by atoms with Crippen LogP contribution in [0.1, 0.15) is 13.8 Å². The average molecular weight is 141 g/mol. The van der Waals surface area contributed by atoms with E-state index in [9.17, 15) is 4.79 Å². The van der Waals surface area contributed by atoms with Gasteiger partial charge in [-0.15, -0.1) is 0 Å². The average Bonchev–Trinajstić information content (AvgIpc) is 1.84. The van der Waals surface area contributed by atoms with Gasteiger partial charge in [0.05, 0.1) is 0 Å². The minimum Gasteiger partial charge on any atom is -0.513 e. The molecule has 3 heteroatoms. The fraction of sp³-hybridized carbons (Fsp3) is 0.500. The number of hydrogen-bond acceptors (Lipinski definition) is 2. The van der Waals surface area contributed by atoms with Crippen LogP contribution in [0, 0.1) is 5.92 Å². The Balaban J connectivity index is 3.89. The second kappa shape index (κ2) is 3.45. The van der Waals surface area contributed by atoms with Crippen LogP contribution in [0.2, 0.25) is 0 Å². The molecule has 9 heavy (non-hydrogen) atoms.